The van der Waals surface area contributed by atoms with Crippen molar-refractivity contribution in [1.82, 2.24) is 0 Å². The highest BCUT2D eigenvalue weighted by Gasteiger charge is 2.24. The molecule has 0 bridgehead atoms. The summed E-state index contributed by atoms with van der Waals surface area (Å²) in [6, 6.07) is 0. The molecule has 6 nitrogen and oxygen atoms in total. The van der Waals surface area contributed by atoms with Gasteiger partial charge in [0, 0.05) is 12.5 Å². The summed E-state index contributed by atoms with van der Waals surface area (Å²) in [6.07, 6.45) is 2.07. The standard InChI is InChI=1S/C12H18O6/c1-8(11(14)15)10(12(16)17)6-4-3-5-7-18-9(2)13/h10H,1,3-7H2,2H3,(H,14,15)(H,16,17)/t10-/m0/s1. The van der Waals surface area contributed by atoms with Crippen molar-refractivity contribution < 1.29 is 29.3 Å². The summed E-state index contributed by atoms with van der Waals surface area (Å²) in [7, 11) is 0. The molecule has 1 atom stereocenters. The number of carbonyl (C=O) groups is 3. The van der Waals surface area contributed by atoms with Crippen molar-refractivity contribution >= 4 is 17.9 Å². The predicted molar refractivity (Wildman–Crippen MR) is 63.0 cm³/mol. The zero-order valence-electron chi connectivity index (χ0n) is 10.3. The van der Waals surface area contributed by atoms with Crippen LogP contribution in [0.5, 0.6) is 0 Å². The van der Waals surface area contributed by atoms with Crippen LogP contribution in [0, 0.1) is 5.92 Å². The number of ether oxygens (including phenoxy) is 1. The Kier molecular flexibility index (Phi) is 7.42. The van der Waals surface area contributed by atoms with Crippen LogP contribution in [0.2, 0.25) is 0 Å². The minimum Gasteiger partial charge on any atom is -0.481 e. The van der Waals surface area contributed by atoms with Gasteiger partial charge in [-0.1, -0.05) is 19.4 Å². The molecular weight excluding hydrogens is 240 g/mol. The summed E-state index contributed by atoms with van der Waals surface area (Å²) >= 11 is 0. The molecule has 0 aromatic carbocycles. The Hall–Kier alpha value is -1.85. The zero-order chi connectivity index (χ0) is 14.1. The summed E-state index contributed by atoms with van der Waals surface area (Å²) in [6.45, 7) is 4.88. The molecule has 0 fully saturated rings. The van der Waals surface area contributed by atoms with E-state index < -0.39 is 17.9 Å². The first-order valence-electron chi connectivity index (χ1n) is 5.64. The maximum atomic E-state index is 10.9. The van der Waals surface area contributed by atoms with Gasteiger partial charge in [-0.2, -0.15) is 0 Å². The Morgan fingerprint density at radius 3 is 2.22 bits per heavy atom. The largest absolute Gasteiger partial charge is 0.481 e. The summed E-state index contributed by atoms with van der Waals surface area (Å²) in [5, 5.41) is 17.6. The van der Waals surface area contributed by atoms with Crippen molar-refractivity contribution in [1.29, 1.82) is 0 Å². The molecule has 0 amide bonds. The van der Waals surface area contributed by atoms with Gasteiger partial charge in [0.05, 0.1) is 12.5 Å². The zero-order valence-corrected chi connectivity index (χ0v) is 10.3. The molecule has 0 saturated heterocycles. The van der Waals surface area contributed by atoms with E-state index in [2.05, 4.69) is 6.58 Å². The van der Waals surface area contributed by atoms with Crippen LogP contribution < -0.4 is 0 Å². The lowest BCUT2D eigenvalue weighted by molar-refractivity contribution is -0.144. The summed E-state index contributed by atoms with van der Waals surface area (Å²) in [4.78, 5) is 32.0. The minimum absolute atomic E-state index is 0.223. The van der Waals surface area contributed by atoms with E-state index in [-0.39, 0.29) is 18.0 Å². The van der Waals surface area contributed by atoms with Crippen LogP contribution in [0.1, 0.15) is 32.6 Å². The van der Waals surface area contributed by atoms with Crippen molar-refractivity contribution in [3.05, 3.63) is 12.2 Å². The predicted octanol–water partition coefficient (Wildman–Crippen LogP) is 1.45. The van der Waals surface area contributed by atoms with Crippen molar-refractivity contribution in [2.24, 2.45) is 5.92 Å². The number of esters is 1. The summed E-state index contributed by atoms with van der Waals surface area (Å²) < 4.78 is 4.72. The fourth-order valence-electron chi connectivity index (χ4n) is 1.44. The van der Waals surface area contributed by atoms with Crippen LogP contribution in [0.15, 0.2) is 12.2 Å². The highest BCUT2D eigenvalue weighted by molar-refractivity contribution is 5.93. The lowest BCUT2D eigenvalue weighted by Gasteiger charge is -2.11. The molecule has 102 valence electrons. The molecule has 0 aliphatic carbocycles. The highest BCUT2D eigenvalue weighted by atomic mass is 16.5. The fourth-order valence-corrected chi connectivity index (χ4v) is 1.44. The topological polar surface area (TPSA) is 101 Å². The molecule has 0 unspecified atom stereocenters. The quantitative estimate of drug-likeness (QED) is 0.369. The smallest absolute Gasteiger partial charge is 0.331 e. The SMILES string of the molecule is C=C(C(=O)O)[C@H](CCCCCOC(C)=O)C(=O)O. The Morgan fingerprint density at radius 1 is 1.17 bits per heavy atom. The number of aliphatic carboxylic acids is 2. The molecule has 0 rings (SSSR count). The Morgan fingerprint density at radius 2 is 1.78 bits per heavy atom. The highest BCUT2D eigenvalue weighted by Crippen LogP contribution is 2.18. The van der Waals surface area contributed by atoms with Crippen molar-refractivity contribution in [2.75, 3.05) is 6.61 Å². The van der Waals surface area contributed by atoms with Gasteiger partial charge in [0.25, 0.3) is 0 Å². The second kappa shape index (κ2) is 8.27. The molecule has 0 aromatic rings. The lowest BCUT2D eigenvalue weighted by atomic mass is 9.94. The molecule has 0 aliphatic heterocycles. The van der Waals surface area contributed by atoms with E-state index in [1.54, 1.807) is 0 Å². The number of unbranched alkanes of at least 4 members (excludes halogenated alkanes) is 2. The van der Waals surface area contributed by atoms with E-state index in [9.17, 15) is 14.4 Å². The van der Waals surface area contributed by atoms with Crippen LogP contribution in [0.4, 0.5) is 0 Å². The van der Waals surface area contributed by atoms with Crippen LogP contribution >= 0.6 is 0 Å². The minimum atomic E-state index is -1.29. The van der Waals surface area contributed by atoms with E-state index >= 15 is 0 Å². The number of carboxylic acid groups (broad SMARTS) is 2. The lowest BCUT2D eigenvalue weighted by Crippen LogP contribution is -2.20. The summed E-state index contributed by atoms with van der Waals surface area (Å²) in [5.41, 5.74) is -0.303. The number of rotatable bonds is 9. The maximum absolute atomic E-state index is 10.9. The van der Waals surface area contributed by atoms with E-state index in [0.29, 0.717) is 25.9 Å². The van der Waals surface area contributed by atoms with Crippen LogP contribution in [-0.4, -0.2) is 34.7 Å². The molecule has 0 aromatic heterocycles. The molecule has 0 heterocycles. The van der Waals surface area contributed by atoms with Crippen LogP contribution in [-0.2, 0) is 19.1 Å². The summed E-state index contributed by atoms with van der Waals surface area (Å²) in [5.74, 6) is -3.88. The second-order valence-electron chi connectivity index (χ2n) is 3.91. The normalized spacial score (nSPS) is 11.6. The van der Waals surface area contributed by atoms with Crippen LogP contribution in [0.25, 0.3) is 0 Å². The van der Waals surface area contributed by atoms with Gasteiger partial charge in [0.2, 0.25) is 0 Å². The van der Waals surface area contributed by atoms with E-state index in [1.807, 2.05) is 0 Å². The third-order valence-electron chi connectivity index (χ3n) is 2.44. The molecule has 0 radical (unpaired) electrons. The first kappa shape index (κ1) is 16.1. The third kappa shape index (κ3) is 6.67. The molecule has 6 heteroatoms. The van der Waals surface area contributed by atoms with Gasteiger partial charge in [0.1, 0.15) is 0 Å². The average Bonchev–Trinajstić information content (AvgIpc) is 2.26. The van der Waals surface area contributed by atoms with Crippen molar-refractivity contribution in [2.45, 2.75) is 32.6 Å². The van der Waals surface area contributed by atoms with Gasteiger partial charge in [-0.25, -0.2) is 4.79 Å². The van der Waals surface area contributed by atoms with Crippen molar-refractivity contribution in [3.63, 3.8) is 0 Å². The molecule has 0 saturated carbocycles. The van der Waals surface area contributed by atoms with E-state index in [4.69, 9.17) is 14.9 Å². The Labute approximate surface area is 105 Å². The second-order valence-corrected chi connectivity index (χ2v) is 3.91. The van der Waals surface area contributed by atoms with Crippen molar-refractivity contribution in [3.8, 4) is 0 Å². The molecule has 0 spiro atoms. The van der Waals surface area contributed by atoms with Crippen LogP contribution in [0.3, 0.4) is 0 Å². The van der Waals surface area contributed by atoms with Gasteiger partial charge < -0.3 is 14.9 Å². The maximum Gasteiger partial charge on any atom is 0.331 e. The van der Waals surface area contributed by atoms with E-state index in [1.165, 1.54) is 6.92 Å². The average molecular weight is 258 g/mol. The van der Waals surface area contributed by atoms with Gasteiger partial charge in [0.15, 0.2) is 0 Å². The van der Waals surface area contributed by atoms with Gasteiger partial charge in [-0.3, -0.25) is 9.59 Å². The molecule has 2 N–H and O–H groups in total. The Bertz CT molecular complexity index is 333. The van der Waals surface area contributed by atoms with Gasteiger partial charge in [-0.15, -0.1) is 0 Å². The van der Waals surface area contributed by atoms with Gasteiger partial charge >= 0.3 is 17.9 Å². The number of hydrogen-bond acceptors (Lipinski definition) is 4. The molecule has 0 aliphatic rings. The number of carbonyl (C=O) groups excluding carboxylic acids is 1. The third-order valence-corrected chi connectivity index (χ3v) is 2.44. The monoisotopic (exact) mass is 258 g/mol. The van der Waals surface area contributed by atoms with E-state index in [0.717, 1.165) is 0 Å². The first-order chi connectivity index (χ1) is 8.36. The van der Waals surface area contributed by atoms with Gasteiger partial charge in [-0.05, 0) is 12.8 Å². The number of hydrogen-bond donors (Lipinski definition) is 2. The number of carboxylic acids is 2. The molecular formula is C12H18O6. The molecule has 18 heavy (non-hydrogen) atoms. The first-order valence-corrected chi connectivity index (χ1v) is 5.64. The Balaban J connectivity index is 3.92. The fraction of sp³-hybridized carbons (Fsp3) is 0.583.